The molecule has 31 heavy (non-hydrogen) atoms. The molecule has 1 aliphatic rings. The van der Waals surface area contributed by atoms with E-state index in [0.717, 1.165) is 48.8 Å². The maximum Gasteiger partial charge on any atom is 0.310 e. The molecule has 2 unspecified atom stereocenters. The van der Waals surface area contributed by atoms with Crippen LogP contribution in [0.3, 0.4) is 0 Å². The van der Waals surface area contributed by atoms with Gasteiger partial charge in [0.25, 0.3) is 5.88 Å². The highest BCUT2D eigenvalue weighted by atomic mass is 32.1. The number of hydrogen-bond acceptors (Lipinski definition) is 7. The number of hydrogen-bond donors (Lipinski definition) is 1. The summed E-state index contributed by atoms with van der Waals surface area (Å²) in [4.78, 5) is 22.8. The van der Waals surface area contributed by atoms with E-state index in [2.05, 4.69) is 28.8 Å². The van der Waals surface area contributed by atoms with Crippen molar-refractivity contribution in [3.63, 3.8) is 0 Å². The lowest BCUT2D eigenvalue weighted by Gasteiger charge is -2.41. The first kappa shape index (κ1) is 25.3. The second-order valence-electron chi connectivity index (χ2n) is 8.40. The molecule has 1 aromatic rings. The van der Waals surface area contributed by atoms with E-state index < -0.39 is 5.97 Å². The summed E-state index contributed by atoms with van der Waals surface area (Å²) in [5.41, 5.74) is 1.88. The van der Waals surface area contributed by atoms with Crippen LogP contribution in [-0.2, 0) is 14.3 Å². The first-order valence-electron chi connectivity index (χ1n) is 11.3. The molecule has 2 rings (SSSR count). The number of quaternary nitrogens is 1. The summed E-state index contributed by atoms with van der Waals surface area (Å²) in [6.07, 6.45) is 8.63. The largest absolute Gasteiger partial charge is 0.481 e. The molecular weight excluding hydrogens is 418 g/mol. The highest BCUT2D eigenvalue weighted by molar-refractivity contribution is 6.99. The normalized spacial score (nSPS) is 19.5. The number of unbranched alkanes of at least 4 members (excludes halogenated alkanes) is 4. The summed E-state index contributed by atoms with van der Waals surface area (Å²) in [5.74, 6) is -0.516. The van der Waals surface area contributed by atoms with Crippen molar-refractivity contribution in [2.75, 3.05) is 26.7 Å². The third-order valence-corrected chi connectivity index (χ3v) is 6.27. The van der Waals surface area contributed by atoms with Crippen molar-refractivity contribution >= 4 is 29.2 Å². The van der Waals surface area contributed by atoms with Gasteiger partial charge in [0.15, 0.2) is 0 Å². The standard InChI is InChI=1S/C22H35N3O5S/c1-4-5-6-9-15-29-22-21(23-31-24-22)18-11-10-14-25(3,16-18)17(2)30-20(28)13-8-7-12-19(26)27/h11,17H,4-10,12-16H2,1-3H3/p+1. The Kier molecular flexibility index (Phi) is 10.4. The Bertz CT molecular complexity index is 751. The molecule has 2 atom stereocenters. The zero-order valence-corrected chi connectivity index (χ0v) is 19.8. The topological polar surface area (TPSA) is 98.6 Å². The fraction of sp³-hybridized carbons (Fsp3) is 0.727. The van der Waals surface area contributed by atoms with Crippen LogP contribution in [0.1, 0.15) is 77.3 Å². The lowest BCUT2D eigenvalue weighted by atomic mass is 10.0. The van der Waals surface area contributed by atoms with Crippen molar-refractivity contribution in [3.05, 3.63) is 11.8 Å². The molecule has 2 heterocycles. The van der Waals surface area contributed by atoms with E-state index in [1.807, 2.05) is 6.92 Å². The number of carbonyl (C=O) groups is 2. The van der Waals surface area contributed by atoms with Gasteiger partial charge in [0, 0.05) is 31.8 Å². The van der Waals surface area contributed by atoms with Gasteiger partial charge in [-0.1, -0.05) is 32.3 Å². The van der Waals surface area contributed by atoms with Crippen LogP contribution in [0.15, 0.2) is 6.08 Å². The fourth-order valence-corrected chi connectivity index (χ4v) is 4.17. The van der Waals surface area contributed by atoms with Crippen molar-refractivity contribution in [3.8, 4) is 5.88 Å². The zero-order chi connectivity index (χ0) is 22.7. The van der Waals surface area contributed by atoms with Crippen molar-refractivity contribution < 1.29 is 28.7 Å². The summed E-state index contributed by atoms with van der Waals surface area (Å²) >= 11 is 1.16. The lowest BCUT2D eigenvalue weighted by molar-refractivity contribution is -0.944. The number of ether oxygens (including phenoxy) is 2. The van der Waals surface area contributed by atoms with Crippen molar-refractivity contribution in [1.29, 1.82) is 0 Å². The maximum absolute atomic E-state index is 12.2. The van der Waals surface area contributed by atoms with Gasteiger partial charge in [-0.15, -0.1) is 4.37 Å². The van der Waals surface area contributed by atoms with E-state index in [0.29, 0.717) is 36.4 Å². The molecule has 0 saturated carbocycles. The zero-order valence-electron chi connectivity index (χ0n) is 19.0. The van der Waals surface area contributed by atoms with Gasteiger partial charge in [-0.25, -0.2) is 0 Å². The van der Waals surface area contributed by atoms with Gasteiger partial charge in [0.1, 0.15) is 12.2 Å². The van der Waals surface area contributed by atoms with E-state index in [1.165, 1.54) is 12.8 Å². The summed E-state index contributed by atoms with van der Waals surface area (Å²) in [6, 6.07) is 0. The summed E-state index contributed by atoms with van der Waals surface area (Å²) in [6.45, 7) is 6.30. The molecule has 0 radical (unpaired) electrons. The molecule has 0 saturated heterocycles. The predicted molar refractivity (Wildman–Crippen MR) is 120 cm³/mol. The van der Waals surface area contributed by atoms with Crippen LogP contribution >= 0.6 is 11.7 Å². The number of carboxylic acid groups (broad SMARTS) is 1. The van der Waals surface area contributed by atoms with Crippen LogP contribution in [0.2, 0.25) is 0 Å². The van der Waals surface area contributed by atoms with E-state index in [4.69, 9.17) is 14.6 Å². The first-order chi connectivity index (χ1) is 14.9. The molecule has 0 aromatic carbocycles. The second kappa shape index (κ2) is 12.8. The minimum atomic E-state index is -0.840. The van der Waals surface area contributed by atoms with Crippen LogP contribution in [0.5, 0.6) is 5.88 Å². The molecule has 1 aliphatic heterocycles. The Morgan fingerprint density at radius 3 is 2.71 bits per heavy atom. The number of nitrogens with zero attached hydrogens (tertiary/aromatic N) is 3. The molecule has 9 heteroatoms. The van der Waals surface area contributed by atoms with Gasteiger partial charge in [0.2, 0.25) is 6.23 Å². The SMILES string of the molecule is CCCCCCOc1nsnc1C1=CCC[N+](C)(C(C)OC(=O)CCCCC(=O)O)C1. The Morgan fingerprint density at radius 2 is 1.97 bits per heavy atom. The van der Waals surface area contributed by atoms with Crippen LogP contribution in [-0.4, -0.2) is 63.2 Å². The van der Waals surface area contributed by atoms with E-state index in [1.54, 1.807) is 0 Å². The average molecular weight is 455 g/mol. The lowest BCUT2D eigenvalue weighted by Crippen LogP contribution is -2.55. The molecule has 8 nitrogen and oxygen atoms in total. The summed E-state index contributed by atoms with van der Waals surface area (Å²) in [5, 5.41) is 8.69. The van der Waals surface area contributed by atoms with Crippen LogP contribution in [0.4, 0.5) is 0 Å². The van der Waals surface area contributed by atoms with Gasteiger partial charge >= 0.3 is 11.9 Å². The fourth-order valence-electron chi connectivity index (χ4n) is 3.64. The first-order valence-corrected chi connectivity index (χ1v) is 12.0. The summed E-state index contributed by atoms with van der Waals surface area (Å²) < 4.78 is 21.0. The average Bonchev–Trinajstić information content (AvgIpc) is 3.19. The van der Waals surface area contributed by atoms with Gasteiger partial charge in [-0.2, -0.15) is 4.37 Å². The predicted octanol–water partition coefficient (Wildman–Crippen LogP) is 4.27. The van der Waals surface area contributed by atoms with Crippen molar-refractivity contribution in [2.45, 2.75) is 77.9 Å². The molecule has 0 fully saturated rings. The number of carboxylic acids is 1. The second-order valence-corrected chi connectivity index (χ2v) is 8.92. The van der Waals surface area contributed by atoms with Crippen LogP contribution < -0.4 is 4.74 Å². The highest BCUT2D eigenvalue weighted by Crippen LogP contribution is 2.31. The molecule has 0 aliphatic carbocycles. The van der Waals surface area contributed by atoms with Crippen LogP contribution in [0.25, 0.3) is 5.57 Å². The Hall–Kier alpha value is -2.00. The minimum Gasteiger partial charge on any atom is -0.481 e. The van der Waals surface area contributed by atoms with E-state index >= 15 is 0 Å². The smallest absolute Gasteiger partial charge is 0.310 e. The number of rotatable bonds is 14. The molecule has 174 valence electrons. The molecular formula is C22H36N3O5S+. The van der Waals surface area contributed by atoms with Gasteiger partial charge in [-0.05, 0) is 19.3 Å². The molecule has 1 aromatic heterocycles. The van der Waals surface area contributed by atoms with Gasteiger partial charge in [0.05, 0.1) is 31.9 Å². The number of carbonyl (C=O) groups excluding carboxylic acids is 1. The Balaban J connectivity index is 1.89. The number of aliphatic carboxylic acids is 1. The number of esters is 1. The van der Waals surface area contributed by atoms with E-state index in [-0.39, 0.29) is 25.0 Å². The number of aromatic nitrogens is 2. The molecule has 0 bridgehead atoms. The quantitative estimate of drug-likeness (QED) is 0.255. The minimum absolute atomic E-state index is 0.0788. The summed E-state index contributed by atoms with van der Waals surface area (Å²) in [7, 11) is 2.08. The van der Waals surface area contributed by atoms with Gasteiger partial charge < -0.3 is 14.6 Å². The van der Waals surface area contributed by atoms with Crippen molar-refractivity contribution in [2.24, 2.45) is 0 Å². The maximum atomic E-state index is 12.2. The third kappa shape index (κ3) is 8.22. The van der Waals surface area contributed by atoms with Crippen LogP contribution in [0, 0.1) is 0 Å². The Labute approximate surface area is 189 Å². The van der Waals surface area contributed by atoms with E-state index in [9.17, 15) is 9.59 Å². The Morgan fingerprint density at radius 1 is 1.19 bits per heavy atom. The monoisotopic (exact) mass is 454 g/mol. The molecule has 0 amide bonds. The van der Waals surface area contributed by atoms with Crippen molar-refractivity contribution in [1.82, 2.24) is 8.75 Å². The number of likely N-dealkylation sites (N-methyl/N-ethyl adjacent to an activating group) is 1. The third-order valence-electron chi connectivity index (χ3n) is 5.76. The highest BCUT2D eigenvalue weighted by Gasteiger charge is 2.36. The molecule has 1 N–H and O–H groups in total. The molecule has 0 spiro atoms. The van der Waals surface area contributed by atoms with Gasteiger partial charge in [-0.3, -0.25) is 14.1 Å².